The van der Waals surface area contributed by atoms with Crippen LogP contribution in [-0.4, -0.2) is 17.1 Å². The number of carbonyl (C=O) groups excluding carboxylic acids is 1. The Morgan fingerprint density at radius 1 is 1.50 bits per heavy atom. The van der Waals surface area contributed by atoms with Gasteiger partial charge in [0.2, 0.25) is 5.91 Å². The van der Waals surface area contributed by atoms with E-state index in [0.717, 1.165) is 12.1 Å². The van der Waals surface area contributed by atoms with Gasteiger partial charge in [0.05, 0.1) is 6.10 Å². The second kappa shape index (κ2) is 6.28. The van der Waals surface area contributed by atoms with Gasteiger partial charge in [0, 0.05) is 12.1 Å². The first-order chi connectivity index (χ1) is 7.61. The molecule has 1 rings (SSSR count). The zero-order chi connectivity index (χ0) is 12.0. The van der Waals surface area contributed by atoms with Crippen LogP contribution < -0.4 is 5.32 Å². The predicted molar refractivity (Wildman–Crippen MR) is 65.4 cm³/mol. The van der Waals surface area contributed by atoms with Gasteiger partial charge in [-0.25, -0.2) is 0 Å². The molecule has 1 amide bonds. The number of aliphatic hydroxyl groups is 1. The maximum absolute atomic E-state index is 11.5. The van der Waals surface area contributed by atoms with Crippen molar-refractivity contribution in [2.24, 2.45) is 0 Å². The number of amides is 1. The normalized spacial score (nSPS) is 12.2. The van der Waals surface area contributed by atoms with Crippen LogP contribution in [0.15, 0.2) is 24.3 Å². The van der Waals surface area contributed by atoms with E-state index < -0.39 is 6.10 Å². The highest BCUT2D eigenvalue weighted by atomic mass is 16.3. The quantitative estimate of drug-likeness (QED) is 0.801. The van der Waals surface area contributed by atoms with Crippen molar-refractivity contribution in [3.63, 3.8) is 0 Å². The van der Waals surface area contributed by atoms with Gasteiger partial charge in [-0.2, -0.15) is 0 Å². The van der Waals surface area contributed by atoms with Crippen LogP contribution in [-0.2, 0) is 11.2 Å². The predicted octanol–water partition coefficient (Wildman–Crippen LogP) is 2.35. The number of benzene rings is 1. The number of nitrogens with one attached hydrogen (secondary N) is 1. The van der Waals surface area contributed by atoms with Crippen LogP contribution >= 0.6 is 0 Å². The Balaban J connectivity index is 2.49. The van der Waals surface area contributed by atoms with Crippen LogP contribution in [0.4, 0.5) is 5.69 Å². The highest BCUT2D eigenvalue weighted by molar-refractivity contribution is 5.90. The van der Waals surface area contributed by atoms with Crippen LogP contribution in [0.1, 0.15) is 32.3 Å². The minimum Gasteiger partial charge on any atom is -0.393 e. The van der Waals surface area contributed by atoms with Gasteiger partial charge in [-0.05, 0) is 37.5 Å². The third-order valence-corrected chi connectivity index (χ3v) is 2.41. The summed E-state index contributed by atoms with van der Waals surface area (Å²) in [5.41, 5.74) is 2.03. The molecule has 0 aliphatic rings. The van der Waals surface area contributed by atoms with Gasteiger partial charge < -0.3 is 10.4 Å². The molecule has 0 radical (unpaired) electrons. The summed E-state index contributed by atoms with van der Waals surface area (Å²) in [4.78, 5) is 11.5. The van der Waals surface area contributed by atoms with Crippen molar-refractivity contribution in [3.05, 3.63) is 29.8 Å². The van der Waals surface area contributed by atoms with E-state index in [1.807, 2.05) is 24.3 Å². The summed E-state index contributed by atoms with van der Waals surface area (Å²) in [7, 11) is 0. The summed E-state index contributed by atoms with van der Waals surface area (Å²) in [6, 6.07) is 7.81. The lowest BCUT2D eigenvalue weighted by atomic mass is 10.1. The van der Waals surface area contributed by atoms with E-state index >= 15 is 0 Å². The number of aliphatic hydroxyl groups excluding tert-OH is 1. The maximum atomic E-state index is 11.5. The summed E-state index contributed by atoms with van der Waals surface area (Å²) in [6.07, 6.45) is 1.39. The van der Waals surface area contributed by atoms with Crippen molar-refractivity contribution < 1.29 is 9.90 Å². The van der Waals surface area contributed by atoms with E-state index in [4.69, 9.17) is 5.11 Å². The molecular formula is C13H19NO2. The molecular weight excluding hydrogens is 202 g/mol. The van der Waals surface area contributed by atoms with Crippen molar-refractivity contribution >= 4 is 11.6 Å². The van der Waals surface area contributed by atoms with Crippen LogP contribution in [0.25, 0.3) is 0 Å². The zero-order valence-corrected chi connectivity index (χ0v) is 9.86. The number of anilines is 1. The zero-order valence-electron chi connectivity index (χ0n) is 9.86. The van der Waals surface area contributed by atoms with Crippen molar-refractivity contribution in [1.82, 2.24) is 0 Å². The molecule has 2 N–H and O–H groups in total. The highest BCUT2D eigenvalue weighted by Crippen LogP contribution is 2.11. The number of rotatable bonds is 5. The molecule has 88 valence electrons. The molecule has 0 bridgehead atoms. The fourth-order valence-corrected chi connectivity index (χ4v) is 1.43. The standard InChI is InChI=1S/C13H19NO2/c1-3-11-5-4-6-12(9-11)14-13(16)8-7-10(2)15/h4-6,9-10,15H,3,7-8H2,1-2H3,(H,14,16). The average Bonchev–Trinajstić information content (AvgIpc) is 2.26. The van der Waals surface area contributed by atoms with Gasteiger partial charge in [-0.15, -0.1) is 0 Å². The average molecular weight is 221 g/mol. The van der Waals surface area contributed by atoms with Crippen molar-refractivity contribution in [2.75, 3.05) is 5.32 Å². The molecule has 0 heterocycles. The van der Waals surface area contributed by atoms with Crippen molar-refractivity contribution in [3.8, 4) is 0 Å². The lowest BCUT2D eigenvalue weighted by molar-refractivity contribution is -0.116. The Bertz CT molecular complexity index is 348. The van der Waals surface area contributed by atoms with E-state index in [-0.39, 0.29) is 5.91 Å². The molecule has 1 aromatic rings. The topological polar surface area (TPSA) is 49.3 Å². The Hall–Kier alpha value is -1.35. The number of carbonyl (C=O) groups is 1. The Morgan fingerprint density at radius 3 is 2.88 bits per heavy atom. The first-order valence-corrected chi connectivity index (χ1v) is 5.68. The second-order valence-electron chi connectivity index (χ2n) is 3.99. The van der Waals surface area contributed by atoms with Crippen LogP contribution in [0.5, 0.6) is 0 Å². The fraction of sp³-hybridized carbons (Fsp3) is 0.462. The molecule has 0 aliphatic carbocycles. The van der Waals surface area contributed by atoms with Gasteiger partial charge in [0.25, 0.3) is 0 Å². The van der Waals surface area contributed by atoms with Gasteiger partial charge in [-0.1, -0.05) is 19.1 Å². The third-order valence-electron chi connectivity index (χ3n) is 2.41. The van der Waals surface area contributed by atoms with Gasteiger partial charge in [0.1, 0.15) is 0 Å². The van der Waals surface area contributed by atoms with E-state index in [1.165, 1.54) is 5.56 Å². The lowest BCUT2D eigenvalue weighted by Gasteiger charge is -2.07. The van der Waals surface area contributed by atoms with E-state index in [0.29, 0.717) is 12.8 Å². The monoisotopic (exact) mass is 221 g/mol. The number of aryl methyl sites for hydroxylation is 1. The Kier molecular flexibility index (Phi) is 4.99. The largest absolute Gasteiger partial charge is 0.393 e. The molecule has 0 saturated heterocycles. The molecule has 0 aliphatic heterocycles. The molecule has 0 spiro atoms. The second-order valence-corrected chi connectivity index (χ2v) is 3.99. The molecule has 3 heteroatoms. The molecule has 16 heavy (non-hydrogen) atoms. The van der Waals surface area contributed by atoms with Crippen molar-refractivity contribution in [1.29, 1.82) is 0 Å². The maximum Gasteiger partial charge on any atom is 0.224 e. The smallest absolute Gasteiger partial charge is 0.224 e. The lowest BCUT2D eigenvalue weighted by Crippen LogP contribution is -2.14. The summed E-state index contributed by atoms with van der Waals surface area (Å²) in [6.45, 7) is 3.76. The van der Waals surface area contributed by atoms with Gasteiger partial charge >= 0.3 is 0 Å². The Labute approximate surface area is 96.5 Å². The molecule has 0 saturated carbocycles. The summed E-state index contributed by atoms with van der Waals surface area (Å²) >= 11 is 0. The molecule has 1 atom stereocenters. The molecule has 3 nitrogen and oxygen atoms in total. The summed E-state index contributed by atoms with van der Waals surface area (Å²) in [5.74, 6) is -0.0471. The minimum atomic E-state index is -0.423. The molecule has 0 aromatic heterocycles. The SMILES string of the molecule is CCc1cccc(NC(=O)CCC(C)O)c1. The molecule has 0 fully saturated rings. The molecule has 1 aromatic carbocycles. The van der Waals surface area contributed by atoms with Crippen LogP contribution in [0, 0.1) is 0 Å². The van der Waals surface area contributed by atoms with Crippen LogP contribution in [0.2, 0.25) is 0 Å². The summed E-state index contributed by atoms with van der Waals surface area (Å²) in [5, 5.41) is 11.9. The van der Waals surface area contributed by atoms with Crippen LogP contribution in [0.3, 0.4) is 0 Å². The fourth-order valence-electron chi connectivity index (χ4n) is 1.43. The van der Waals surface area contributed by atoms with Gasteiger partial charge in [0.15, 0.2) is 0 Å². The van der Waals surface area contributed by atoms with E-state index in [2.05, 4.69) is 12.2 Å². The highest BCUT2D eigenvalue weighted by Gasteiger charge is 2.04. The van der Waals surface area contributed by atoms with E-state index in [1.54, 1.807) is 6.92 Å². The van der Waals surface area contributed by atoms with Crippen molar-refractivity contribution in [2.45, 2.75) is 39.2 Å². The number of hydrogen-bond donors (Lipinski definition) is 2. The summed E-state index contributed by atoms with van der Waals surface area (Å²) < 4.78 is 0. The first kappa shape index (κ1) is 12.7. The van der Waals surface area contributed by atoms with Gasteiger partial charge in [-0.3, -0.25) is 4.79 Å². The number of hydrogen-bond acceptors (Lipinski definition) is 2. The minimum absolute atomic E-state index is 0.0471. The van der Waals surface area contributed by atoms with E-state index in [9.17, 15) is 4.79 Å². The molecule has 1 unspecified atom stereocenters. The third kappa shape index (κ3) is 4.45. The first-order valence-electron chi connectivity index (χ1n) is 5.68. The Morgan fingerprint density at radius 2 is 2.25 bits per heavy atom.